The number of ether oxygens (including phenoxy) is 2. The molecule has 0 spiro atoms. The Balaban J connectivity index is 1.20. The molecule has 0 bridgehead atoms. The van der Waals surface area contributed by atoms with Gasteiger partial charge in [0.15, 0.2) is 11.5 Å². The molecule has 14 nitrogen and oxygen atoms in total. The molecule has 0 amide bonds. The molecule has 2 saturated heterocycles. The molecule has 16 heteroatoms. The fourth-order valence-corrected chi connectivity index (χ4v) is 6.11. The molecule has 37 heavy (non-hydrogen) atoms. The maximum Gasteiger partial charge on any atom is 0.330 e. The van der Waals surface area contributed by atoms with Crippen LogP contribution in [0.2, 0.25) is 0 Å². The first-order valence-electron chi connectivity index (χ1n) is 11.9. The van der Waals surface area contributed by atoms with Gasteiger partial charge in [-0.05, 0) is 38.0 Å². The lowest BCUT2D eigenvalue weighted by atomic mass is 10.1. The van der Waals surface area contributed by atoms with E-state index in [1.165, 1.54) is 17.1 Å². The summed E-state index contributed by atoms with van der Waals surface area (Å²) in [6.45, 7) is -0.0727. The molecule has 3 aromatic heterocycles. The van der Waals surface area contributed by atoms with Crippen LogP contribution in [0.4, 0.5) is 5.82 Å². The fraction of sp³-hybridized carbons (Fsp3) is 0.571. The van der Waals surface area contributed by atoms with Crippen molar-refractivity contribution < 1.29 is 23.4 Å². The van der Waals surface area contributed by atoms with Crippen molar-refractivity contribution in [3.63, 3.8) is 0 Å². The second-order valence-electron chi connectivity index (χ2n) is 9.03. The number of nitrogens with two attached hydrogens (primary N) is 1. The maximum absolute atomic E-state index is 12.2. The number of imidazole rings is 1. The van der Waals surface area contributed by atoms with Crippen LogP contribution < -0.4 is 17.0 Å². The molecule has 0 saturated carbocycles. The Kier molecular flexibility index (Phi) is 7.29. The van der Waals surface area contributed by atoms with Gasteiger partial charge in [0.25, 0.3) is 5.56 Å². The second-order valence-corrected chi connectivity index (χ2v) is 11.8. The summed E-state index contributed by atoms with van der Waals surface area (Å²) in [5, 5.41) is 0. The third-order valence-corrected chi connectivity index (χ3v) is 8.10. The van der Waals surface area contributed by atoms with E-state index < -0.39 is 42.6 Å². The number of H-pyrrole nitrogens is 1. The highest BCUT2D eigenvalue weighted by Gasteiger charge is 2.40. The van der Waals surface area contributed by atoms with Crippen LogP contribution >= 0.6 is 6.72 Å². The molecule has 0 radical (unpaired) electrons. The quantitative estimate of drug-likeness (QED) is 0.340. The number of anilines is 1. The summed E-state index contributed by atoms with van der Waals surface area (Å²) in [6.07, 6.45) is 4.32. The highest BCUT2D eigenvalue weighted by Crippen LogP contribution is 2.50. The number of fused-ring (bicyclic) bond motifs is 1. The summed E-state index contributed by atoms with van der Waals surface area (Å²) < 4.78 is 26.7. The van der Waals surface area contributed by atoms with Crippen LogP contribution in [0.5, 0.6) is 0 Å². The molecule has 6 atom stereocenters. The lowest BCUT2D eigenvalue weighted by molar-refractivity contribution is -0.0300. The first-order valence-corrected chi connectivity index (χ1v) is 14.5. The van der Waals surface area contributed by atoms with E-state index in [1.54, 1.807) is 17.8 Å². The van der Waals surface area contributed by atoms with Gasteiger partial charge in [0.2, 0.25) is 0 Å². The zero-order valence-corrected chi connectivity index (χ0v) is 21.9. The third kappa shape index (κ3) is 5.39. The van der Waals surface area contributed by atoms with E-state index in [0.29, 0.717) is 42.4 Å². The van der Waals surface area contributed by atoms with Crippen molar-refractivity contribution in [2.45, 2.75) is 70.3 Å². The Morgan fingerprint density at radius 1 is 1.24 bits per heavy atom. The van der Waals surface area contributed by atoms with E-state index in [0.717, 1.165) is 0 Å². The van der Waals surface area contributed by atoms with Gasteiger partial charge in [-0.25, -0.2) is 19.7 Å². The van der Waals surface area contributed by atoms with E-state index >= 15 is 0 Å². The van der Waals surface area contributed by atoms with Crippen LogP contribution in [0.25, 0.3) is 11.2 Å². The number of aromatic nitrogens is 6. The van der Waals surface area contributed by atoms with Crippen molar-refractivity contribution in [2.75, 3.05) is 12.3 Å². The first-order chi connectivity index (χ1) is 17.6. The number of nitrogens with zero attached hydrogens (tertiary/aromatic N) is 5. The topological polar surface area (TPSA) is 182 Å². The van der Waals surface area contributed by atoms with Gasteiger partial charge in [-0.15, -0.1) is 0 Å². The molecule has 2 fully saturated rings. The van der Waals surface area contributed by atoms with Gasteiger partial charge in [0, 0.05) is 18.2 Å². The Bertz CT molecular complexity index is 1460. The third-order valence-electron chi connectivity index (χ3n) is 6.51. The lowest BCUT2D eigenvalue weighted by Gasteiger charge is -2.24. The summed E-state index contributed by atoms with van der Waals surface area (Å²) in [6, 6.07) is 0. The Morgan fingerprint density at radius 2 is 2.05 bits per heavy atom. The van der Waals surface area contributed by atoms with Crippen LogP contribution in [0, 0.1) is 6.92 Å². The molecule has 1 unspecified atom stereocenters. The van der Waals surface area contributed by atoms with Crippen LogP contribution in [-0.4, -0.2) is 58.9 Å². The second kappa shape index (κ2) is 10.3. The molecular weight excluding hydrogens is 525 g/mol. The van der Waals surface area contributed by atoms with Crippen molar-refractivity contribution in [1.82, 2.24) is 29.1 Å². The van der Waals surface area contributed by atoms with Crippen LogP contribution in [0.1, 0.15) is 50.6 Å². The SMILES string of the molecule is CC[C@H]1O[C@@H](n2cnc3c(N)ncnc32)C[C@H]1OP(O)(=S)OC[C@@H]1CC[C@H](n2cc(C)c(=O)[nH]c2=O)O1. The summed E-state index contributed by atoms with van der Waals surface area (Å²) >= 11 is 5.28. The standard InChI is InChI=1S/C21H28N7O7PS/c1-3-13-14(6-16(34-13)28-10-25-17-18(22)23-9-24-19(17)28)35-36(31,37)32-8-12-4-5-15(33-12)27-7-11(2)20(29)26-21(27)30/h7,9-10,12-16H,3-6,8H2,1-2H3,(H,31,37)(H2,22,23,24)(H,26,29,30)/t12-,13+,14+,15+,16+,36?/m0/s1. The van der Waals surface area contributed by atoms with Crippen molar-refractivity contribution in [3.05, 3.63) is 45.3 Å². The number of hydrogen-bond donors (Lipinski definition) is 3. The molecule has 3 aromatic rings. The number of nitrogens with one attached hydrogen (secondary N) is 1. The zero-order chi connectivity index (χ0) is 26.3. The van der Waals surface area contributed by atoms with Crippen molar-refractivity contribution in [1.29, 1.82) is 0 Å². The monoisotopic (exact) mass is 553 g/mol. The van der Waals surface area contributed by atoms with Gasteiger partial charge in [0.1, 0.15) is 24.3 Å². The van der Waals surface area contributed by atoms with Gasteiger partial charge in [-0.2, -0.15) is 0 Å². The number of nitrogen functional groups attached to an aromatic ring is 1. The number of hydrogen-bond acceptors (Lipinski definition) is 11. The fourth-order valence-electron chi connectivity index (χ4n) is 4.62. The highest BCUT2D eigenvalue weighted by atomic mass is 32.5. The predicted octanol–water partition coefficient (Wildman–Crippen LogP) is 1.26. The smallest absolute Gasteiger partial charge is 0.330 e. The average Bonchev–Trinajstić information content (AvgIpc) is 3.58. The number of rotatable bonds is 8. The van der Waals surface area contributed by atoms with Gasteiger partial charge >= 0.3 is 12.4 Å². The maximum atomic E-state index is 12.2. The number of aromatic amines is 1. The zero-order valence-electron chi connectivity index (χ0n) is 20.2. The van der Waals surface area contributed by atoms with E-state index in [-0.39, 0.29) is 18.5 Å². The molecule has 200 valence electrons. The minimum absolute atomic E-state index is 0.00246. The van der Waals surface area contributed by atoms with Gasteiger partial charge in [0.05, 0.1) is 31.2 Å². The summed E-state index contributed by atoms with van der Waals surface area (Å²) in [4.78, 5) is 49.3. The van der Waals surface area contributed by atoms with Crippen LogP contribution in [-0.2, 0) is 30.3 Å². The molecule has 5 rings (SSSR count). The molecule has 5 heterocycles. The molecular formula is C21H28N7O7PS. The van der Waals surface area contributed by atoms with Gasteiger partial charge in [-0.1, -0.05) is 6.92 Å². The largest absolute Gasteiger partial charge is 0.382 e. The van der Waals surface area contributed by atoms with Gasteiger partial charge < -0.3 is 29.1 Å². The normalized spacial score (nSPS) is 27.6. The lowest BCUT2D eigenvalue weighted by Crippen LogP contribution is -2.33. The predicted molar refractivity (Wildman–Crippen MR) is 135 cm³/mol. The Hall–Kier alpha value is -2.52. The van der Waals surface area contributed by atoms with E-state index in [2.05, 4.69) is 19.9 Å². The highest BCUT2D eigenvalue weighted by molar-refractivity contribution is 8.07. The van der Waals surface area contributed by atoms with Crippen LogP contribution in [0.3, 0.4) is 0 Å². The Morgan fingerprint density at radius 3 is 2.84 bits per heavy atom. The average molecular weight is 554 g/mol. The minimum Gasteiger partial charge on any atom is -0.382 e. The van der Waals surface area contributed by atoms with Crippen molar-refractivity contribution in [2.24, 2.45) is 0 Å². The van der Waals surface area contributed by atoms with E-state index in [4.69, 9.17) is 36.1 Å². The van der Waals surface area contributed by atoms with Crippen molar-refractivity contribution >= 4 is 35.5 Å². The molecule has 0 aromatic carbocycles. The minimum atomic E-state index is -3.63. The van der Waals surface area contributed by atoms with Gasteiger partial charge in [-0.3, -0.25) is 18.9 Å². The van der Waals surface area contributed by atoms with Crippen molar-refractivity contribution in [3.8, 4) is 0 Å². The van der Waals surface area contributed by atoms with E-state index in [1.807, 2.05) is 6.92 Å². The first kappa shape index (κ1) is 26.1. The Labute approximate surface area is 216 Å². The van der Waals surface area contributed by atoms with E-state index in [9.17, 15) is 14.5 Å². The van der Waals surface area contributed by atoms with Crippen LogP contribution in [0.15, 0.2) is 28.4 Å². The summed E-state index contributed by atoms with van der Waals surface area (Å²) in [5.41, 5.74) is 6.34. The number of aryl methyl sites for hydroxylation is 1. The molecule has 4 N–H and O–H groups in total. The summed E-state index contributed by atoms with van der Waals surface area (Å²) in [5.74, 6) is 0.276. The molecule has 0 aliphatic carbocycles. The molecule has 2 aliphatic heterocycles. The summed E-state index contributed by atoms with van der Waals surface area (Å²) in [7, 11) is 0. The molecule has 2 aliphatic rings.